The van der Waals surface area contributed by atoms with E-state index < -0.39 is 5.76 Å². The minimum absolute atomic E-state index is 0.341. The first-order valence-electron chi connectivity index (χ1n) is 3.42. The number of benzene rings is 1. The summed E-state index contributed by atoms with van der Waals surface area (Å²) in [6.07, 6.45) is 0. The number of hydrogen-bond donors (Lipinski definition) is 0. The fourth-order valence-electron chi connectivity index (χ4n) is 0.823. The van der Waals surface area contributed by atoms with E-state index in [2.05, 4.69) is 0 Å². The third-order valence-corrected chi connectivity index (χ3v) is 2.35. The molecule has 1 aromatic carbocycles. The molecule has 1 nitrogen and oxygen atoms in total. The number of rotatable bonds is 3. The molecule has 0 spiro atoms. The summed E-state index contributed by atoms with van der Waals surface area (Å²) < 4.78 is 28.7. The van der Waals surface area contributed by atoms with E-state index in [1.165, 1.54) is 13.2 Å². The largest absolute Gasteiger partial charge is 0.495 e. The summed E-state index contributed by atoms with van der Waals surface area (Å²) in [6, 6.07) is 4.56. The van der Waals surface area contributed by atoms with Crippen LogP contribution < -0.4 is 4.74 Å². The molecule has 0 atom stereocenters. The van der Waals surface area contributed by atoms with Crippen LogP contribution in [-0.4, -0.2) is 12.9 Å². The fraction of sp³-hybridized carbons (Fsp3) is 0.250. The maximum Gasteiger partial charge on any atom is 0.288 e. The number of alkyl halides is 2. The summed E-state index contributed by atoms with van der Waals surface area (Å²) in [5.41, 5.74) is 0. The van der Waals surface area contributed by atoms with E-state index in [-0.39, 0.29) is 0 Å². The van der Waals surface area contributed by atoms with Crippen molar-refractivity contribution in [2.45, 2.75) is 10.7 Å². The van der Waals surface area contributed by atoms with E-state index in [0.717, 1.165) is 0 Å². The lowest BCUT2D eigenvalue weighted by molar-refractivity contribution is 0.252. The van der Waals surface area contributed by atoms with Gasteiger partial charge in [-0.3, -0.25) is 0 Å². The normalized spacial score (nSPS) is 10.5. The average Bonchev–Trinajstić information content (AvgIpc) is 2.03. The van der Waals surface area contributed by atoms with Gasteiger partial charge in [0.05, 0.1) is 12.1 Å². The van der Waals surface area contributed by atoms with Crippen LogP contribution >= 0.6 is 23.4 Å². The molecule has 0 saturated heterocycles. The molecule has 1 rings (SSSR count). The molecule has 0 saturated carbocycles. The minimum atomic E-state index is -2.43. The summed E-state index contributed by atoms with van der Waals surface area (Å²) in [4.78, 5) is 0.431. The highest BCUT2D eigenvalue weighted by Gasteiger charge is 2.07. The third-order valence-electron chi connectivity index (χ3n) is 1.35. The molecule has 0 bridgehead atoms. The summed E-state index contributed by atoms with van der Waals surface area (Å²) in [7, 11) is 1.47. The number of methoxy groups -OCH3 is 1. The Morgan fingerprint density at radius 3 is 2.62 bits per heavy atom. The van der Waals surface area contributed by atoms with Crippen molar-refractivity contribution >= 4 is 23.4 Å². The summed E-state index contributed by atoms with van der Waals surface area (Å²) in [6.45, 7) is 0. The molecule has 72 valence electrons. The molecular formula is C8H7ClF2OS. The lowest BCUT2D eigenvalue weighted by atomic mass is 10.3. The zero-order valence-electron chi connectivity index (χ0n) is 6.76. The predicted molar refractivity (Wildman–Crippen MR) is 49.9 cm³/mol. The van der Waals surface area contributed by atoms with Crippen molar-refractivity contribution in [3.63, 3.8) is 0 Å². The van der Waals surface area contributed by atoms with Gasteiger partial charge in [0.25, 0.3) is 5.76 Å². The Kier molecular flexibility index (Phi) is 3.81. The van der Waals surface area contributed by atoms with E-state index in [1.54, 1.807) is 12.1 Å². The van der Waals surface area contributed by atoms with Crippen molar-refractivity contribution in [1.29, 1.82) is 0 Å². The zero-order chi connectivity index (χ0) is 9.84. The van der Waals surface area contributed by atoms with Crippen LogP contribution in [0.3, 0.4) is 0 Å². The molecule has 13 heavy (non-hydrogen) atoms. The molecule has 0 radical (unpaired) electrons. The van der Waals surface area contributed by atoms with Crippen LogP contribution in [0.25, 0.3) is 0 Å². The minimum Gasteiger partial charge on any atom is -0.495 e. The van der Waals surface area contributed by atoms with Crippen molar-refractivity contribution in [2.75, 3.05) is 7.11 Å². The first-order chi connectivity index (χ1) is 6.13. The Morgan fingerprint density at radius 2 is 2.15 bits per heavy atom. The second-order valence-electron chi connectivity index (χ2n) is 2.17. The molecule has 0 aliphatic rings. The van der Waals surface area contributed by atoms with Gasteiger partial charge in [0.15, 0.2) is 0 Å². The van der Waals surface area contributed by atoms with E-state index >= 15 is 0 Å². The molecule has 0 N–H and O–H groups in total. The van der Waals surface area contributed by atoms with Crippen molar-refractivity contribution in [2.24, 2.45) is 0 Å². The third kappa shape index (κ3) is 3.04. The lowest BCUT2D eigenvalue weighted by Crippen LogP contribution is -1.85. The Bertz CT molecular complexity index is 293. The van der Waals surface area contributed by atoms with Gasteiger partial charge in [-0.1, -0.05) is 23.4 Å². The SMILES string of the molecule is COc1ccc(SC(F)F)cc1Cl. The highest BCUT2D eigenvalue weighted by atomic mass is 35.5. The van der Waals surface area contributed by atoms with E-state index in [4.69, 9.17) is 16.3 Å². The van der Waals surface area contributed by atoms with Crippen molar-refractivity contribution in [3.05, 3.63) is 23.2 Å². The van der Waals surface area contributed by atoms with Crippen LogP contribution in [0.15, 0.2) is 23.1 Å². The van der Waals surface area contributed by atoms with Gasteiger partial charge in [-0.15, -0.1) is 0 Å². The first-order valence-corrected chi connectivity index (χ1v) is 4.67. The van der Waals surface area contributed by atoms with Gasteiger partial charge in [-0.05, 0) is 18.2 Å². The molecular weight excluding hydrogens is 218 g/mol. The number of ether oxygens (including phenoxy) is 1. The van der Waals surface area contributed by atoms with Gasteiger partial charge in [-0.25, -0.2) is 0 Å². The van der Waals surface area contributed by atoms with Gasteiger partial charge in [0.1, 0.15) is 5.75 Å². The maximum atomic E-state index is 11.9. The predicted octanol–water partition coefficient (Wildman–Crippen LogP) is 3.66. The quantitative estimate of drug-likeness (QED) is 0.725. The van der Waals surface area contributed by atoms with Crippen molar-refractivity contribution < 1.29 is 13.5 Å². The van der Waals surface area contributed by atoms with Crippen molar-refractivity contribution in [3.8, 4) is 5.75 Å². The summed E-state index contributed by atoms with van der Waals surface area (Å²) in [5, 5.41) is 0.341. The average molecular weight is 225 g/mol. The van der Waals surface area contributed by atoms with Crippen LogP contribution in [-0.2, 0) is 0 Å². The molecule has 0 fully saturated rings. The van der Waals surface area contributed by atoms with Crippen molar-refractivity contribution in [1.82, 2.24) is 0 Å². The monoisotopic (exact) mass is 224 g/mol. The van der Waals surface area contributed by atoms with Crippen LogP contribution in [0.2, 0.25) is 5.02 Å². The molecule has 0 aliphatic heterocycles. The molecule has 5 heteroatoms. The maximum absolute atomic E-state index is 11.9. The Morgan fingerprint density at radius 1 is 1.46 bits per heavy atom. The van der Waals surface area contributed by atoms with Gasteiger partial charge in [0, 0.05) is 4.90 Å². The smallest absolute Gasteiger partial charge is 0.288 e. The van der Waals surface area contributed by atoms with Gasteiger partial charge >= 0.3 is 0 Å². The van der Waals surface area contributed by atoms with E-state index in [9.17, 15) is 8.78 Å². The topological polar surface area (TPSA) is 9.23 Å². The van der Waals surface area contributed by atoms with Gasteiger partial charge in [-0.2, -0.15) is 8.78 Å². The number of hydrogen-bond acceptors (Lipinski definition) is 2. The highest BCUT2D eigenvalue weighted by molar-refractivity contribution is 7.99. The van der Waals surface area contributed by atoms with Gasteiger partial charge in [0.2, 0.25) is 0 Å². The van der Waals surface area contributed by atoms with Crippen LogP contribution in [0.4, 0.5) is 8.78 Å². The Labute approximate surface area is 84.0 Å². The fourth-order valence-corrected chi connectivity index (χ4v) is 1.68. The van der Waals surface area contributed by atoms with Gasteiger partial charge < -0.3 is 4.74 Å². The molecule has 0 aromatic heterocycles. The van der Waals surface area contributed by atoms with E-state index in [0.29, 0.717) is 27.4 Å². The Hall–Kier alpha value is -0.480. The van der Waals surface area contributed by atoms with Crippen LogP contribution in [0.1, 0.15) is 0 Å². The molecule has 1 aromatic rings. The molecule has 0 amide bonds. The lowest BCUT2D eigenvalue weighted by Gasteiger charge is -2.04. The second kappa shape index (κ2) is 4.67. The molecule has 0 heterocycles. The second-order valence-corrected chi connectivity index (χ2v) is 3.65. The zero-order valence-corrected chi connectivity index (χ0v) is 8.33. The van der Waals surface area contributed by atoms with E-state index in [1.807, 2.05) is 0 Å². The van der Waals surface area contributed by atoms with Crippen LogP contribution in [0.5, 0.6) is 5.75 Å². The molecule has 0 unspecified atom stereocenters. The Balaban J connectivity index is 2.83. The first kappa shape index (κ1) is 10.6. The van der Waals surface area contributed by atoms with Crippen LogP contribution in [0, 0.1) is 0 Å². The number of thioether (sulfide) groups is 1. The summed E-state index contributed by atoms with van der Waals surface area (Å²) >= 11 is 6.19. The highest BCUT2D eigenvalue weighted by Crippen LogP contribution is 2.32. The number of halogens is 3. The molecule has 0 aliphatic carbocycles. The summed E-state index contributed by atoms with van der Waals surface area (Å²) in [5.74, 6) is -1.94. The standard InChI is InChI=1S/C8H7ClF2OS/c1-12-7-3-2-5(4-6(7)9)13-8(10)11/h2-4,8H,1H3.